The van der Waals surface area contributed by atoms with Gasteiger partial charge in [0.05, 0.1) is 6.21 Å². The molecule has 5 nitrogen and oxygen atoms in total. The van der Waals surface area contributed by atoms with E-state index in [1.807, 2.05) is 12.1 Å². The Hall–Kier alpha value is -1.73. The van der Waals surface area contributed by atoms with Crippen molar-refractivity contribution in [3.05, 3.63) is 39.4 Å². The van der Waals surface area contributed by atoms with Crippen LogP contribution in [0.4, 0.5) is 5.69 Å². The van der Waals surface area contributed by atoms with Crippen molar-refractivity contribution in [1.82, 2.24) is 14.9 Å². The number of rotatable bonds is 5. The van der Waals surface area contributed by atoms with Crippen LogP contribution in [0, 0.1) is 9.54 Å². The Morgan fingerprint density at radius 3 is 2.15 bits per heavy atom. The van der Waals surface area contributed by atoms with Crippen LogP contribution in [-0.4, -0.2) is 34.2 Å². The molecular formula is C13H17N5S2. The average Bonchev–Trinajstić information content (AvgIpc) is 2.78. The highest BCUT2D eigenvalue weighted by Crippen LogP contribution is 2.14. The zero-order chi connectivity index (χ0) is 14.5. The third-order valence-electron chi connectivity index (χ3n) is 3.01. The molecule has 1 aromatic heterocycles. The highest BCUT2D eigenvalue weighted by molar-refractivity contribution is 7.72. The van der Waals surface area contributed by atoms with Crippen LogP contribution < -0.4 is 4.90 Å². The van der Waals surface area contributed by atoms with E-state index in [9.17, 15) is 0 Å². The van der Waals surface area contributed by atoms with Crippen LogP contribution in [0.1, 0.15) is 19.4 Å². The summed E-state index contributed by atoms with van der Waals surface area (Å²) in [6, 6.07) is 8.23. The van der Waals surface area contributed by atoms with Gasteiger partial charge in [-0.1, -0.05) is 12.1 Å². The first-order chi connectivity index (χ1) is 9.65. The summed E-state index contributed by atoms with van der Waals surface area (Å²) in [6.45, 7) is 6.29. The molecule has 0 atom stereocenters. The lowest BCUT2D eigenvalue weighted by Crippen LogP contribution is -2.21. The maximum absolute atomic E-state index is 5.06. The van der Waals surface area contributed by atoms with E-state index in [2.05, 4.69) is 46.2 Å². The predicted molar refractivity (Wildman–Crippen MR) is 87.8 cm³/mol. The summed E-state index contributed by atoms with van der Waals surface area (Å²) in [5.74, 6) is 0. The van der Waals surface area contributed by atoms with Crippen molar-refractivity contribution in [3.63, 3.8) is 0 Å². The molecule has 0 aliphatic heterocycles. The number of hydrogen-bond acceptors (Lipinski definition) is 4. The van der Waals surface area contributed by atoms with Crippen molar-refractivity contribution in [2.45, 2.75) is 13.8 Å². The second kappa shape index (κ2) is 6.62. The number of H-pyrrole nitrogens is 2. The largest absolute Gasteiger partial charge is 0.372 e. The molecule has 2 N–H and O–H groups in total. The van der Waals surface area contributed by atoms with Crippen LogP contribution in [-0.2, 0) is 0 Å². The highest BCUT2D eigenvalue weighted by Gasteiger charge is 2.00. The molecule has 0 aliphatic carbocycles. The Kier molecular flexibility index (Phi) is 4.86. The lowest BCUT2D eigenvalue weighted by atomic mass is 10.2. The molecule has 0 bridgehead atoms. The molecule has 0 radical (unpaired) electrons. The van der Waals surface area contributed by atoms with Crippen LogP contribution in [0.5, 0.6) is 0 Å². The second-order valence-electron chi connectivity index (χ2n) is 4.18. The molecule has 0 amide bonds. The Bertz CT molecular complexity index is 661. The molecule has 0 spiro atoms. The first-order valence-electron chi connectivity index (χ1n) is 6.44. The summed E-state index contributed by atoms with van der Waals surface area (Å²) < 4.78 is 2.38. The smallest absolute Gasteiger partial charge is 0.215 e. The lowest BCUT2D eigenvalue weighted by molar-refractivity contribution is 0.848. The van der Waals surface area contributed by atoms with Crippen LogP contribution in [0.3, 0.4) is 0 Å². The van der Waals surface area contributed by atoms with Gasteiger partial charge in [-0.2, -0.15) is 9.78 Å². The molecular weight excluding hydrogens is 290 g/mol. The Balaban J connectivity index is 2.19. The number of aromatic nitrogens is 3. The van der Waals surface area contributed by atoms with E-state index in [0.717, 1.165) is 18.7 Å². The van der Waals surface area contributed by atoms with Crippen molar-refractivity contribution in [2.75, 3.05) is 18.0 Å². The van der Waals surface area contributed by atoms with Gasteiger partial charge in [-0.25, -0.2) is 0 Å². The first-order valence-corrected chi connectivity index (χ1v) is 7.26. The fourth-order valence-corrected chi connectivity index (χ4v) is 2.33. The Morgan fingerprint density at radius 2 is 1.65 bits per heavy atom. The third kappa shape index (κ3) is 3.23. The fourth-order valence-electron chi connectivity index (χ4n) is 1.89. The van der Waals surface area contributed by atoms with Crippen molar-refractivity contribution in [2.24, 2.45) is 5.10 Å². The minimum absolute atomic E-state index is 0.450. The summed E-state index contributed by atoms with van der Waals surface area (Å²) >= 11 is 10.1. The van der Waals surface area contributed by atoms with E-state index in [-0.39, 0.29) is 0 Å². The molecule has 0 aliphatic rings. The molecule has 1 heterocycles. The summed E-state index contributed by atoms with van der Waals surface area (Å²) in [6.07, 6.45) is 1.74. The zero-order valence-corrected chi connectivity index (χ0v) is 13.1. The van der Waals surface area contributed by atoms with Gasteiger partial charge in [0.2, 0.25) is 9.54 Å². The monoisotopic (exact) mass is 307 g/mol. The van der Waals surface area contributed by atoms with Gasteiger partial charge >= 0.3 is 0 Å². The minimum atomic E-state index is 0.450. The predicted octanol–water partition coefficient (Wildman–Crippen LogP) is 3.33. The van der Waals surface area contributed by atoms with Gasteiger partial charge in [0.1, 0.15) is 0 Å². The maximum atomic E-state index is 5.06. The number of nitrogens with one attached hydrogen (secondary N) is 2. The number of nitrogens with zero attached hydrogens (tertiary/aromatic N) is 3. The molecule has 0 unspecified atom stereocenters. The average molecular weight is 307 g/mol. The highest BCUT2D eigenvalue weighted by atomic mass is 32.1. The zero-order valence-electron chi connectivity index (χ0n) is 11.5. The van der Waals surface area contributed by atoms with E-state index in [1.54, 1.807) is 6.21 Å². The normalized spacial score (nSPS) is 11.1. The lowest BCUT2D eigenvalue weighted by Gasteiger charge is -2.20. The maximum Gasteiger partial charge on any atom is 0.215 e. The van der Waals surface area contributed by atoms with Gasteiger partial charge in [0.15, 0.2) is 0 Å². The molecule has 20 heavy (non-hydrogen) atoms. The van der Waals surface area contributed by atoms with E-state index < -0.39 is 0 Å². The van der Waals surface area contributed by atoms with Crippen LogP contribution >= 0.6 is 24.4 Å². The van der Waals surface area contributed by atoms with Gasteiger partial charge in [-0.15, -0.1) is 0 Å². The number of benzene rings is 1. The number of aromatic amines is 2. The molecule has 0 saturated heterocycles. The summed E-state index contributed by atoms with van der Waals surface area (Å²) in [7, 11) is 0. The standard InChI is InChI=1S/C13H17N5S2/c1-3-17(4-2)11-7-5-10(6-8-11)9-14-18-12(19)15-16-13(18)20/h5-9H,3-4H2,1-2H3,(H,15,19)(H,16,20)/b14-9-. The first kappa shape index (κ1) is 14.7. The molecule has 1 aromatic carbocycles. The van der Waals surface area contributed by atoms with Crippen molar-refractivity contribution < 1.29 is 0 Å². The number of hydrogen-bond donors (Lipinski definition) is 2. The quantitative estimate of drug-likeness (QED) is 0.658. The summed E-state index contributed by atoms with van der Waals surface area (Å²) in [4.78, 5) is 2.29. The molecule has 0 fully saturated rings. The van der Waals surface area contributed by atoms with Crippen molar-refractivity contribution >= 4 is 36.3 Å². The summed E-state index contributed by atoms with van der Waals surface area (Å²) in [5, 5.41) is 9.74. The van der Waals surface area contributed by atoms with Crippen LogP contribution in [0.15, 0.2) is 29.4 Å². The van der Waals surface area contributed by atoms with Crippen LogP contribution in [0.2, 0.25) is 0 Å². The van der Waals surface area contributed by atoms with Gasteiger partial charge in [0, 0.05) is 18.8 Å². The van der Waals surface area contributed by atoms with E-state index in [4.69, 9.17) is 24.4 Å². The van der Waals surface area contributed by atoms with Gasteiger partial charge in [-0.05, 0) is 56.0 Å². The van der Waals surface area contributed by atoms with Gasteiger partial charge in [0.25, 0.3) is 0 Å². The molecule has 2 rings (SSSR count). The fraction of sp³-hybridized carbons (Fsp3) is 0.308. The third-order valence-corrected chi connectivity index (χ3v) is 3.56. The van der Waals surface area contributed by atoms with Gasteiger partial charge < -0.3 is 4.90 Å². The van der Waals surface area contributed by atoms with E-state index in [1.165, 1.54) is 10.4 Å². The van der Waals surface area contributed by atoms with Crippen LogP contribution in [0.25, 0.3) is 0 Å². The minimum Gasteiger partial charge on any atom is -0.372 e. The topological polar surface area (TPSA) is 52.1 Å². The Morgan fingerprint density at radius 1 is 1.10 bits per heavy atom. The molecule has 7 heteroatoms. The number of anilines is 1. The molecule has 0 saturated carbocycles. The summed E-state index contributed by atoms with van der Waals surface area (Å²) in [5.41, 5.74) is 2.21. The van der Waals surface area contributed by atoms with E-state index in [0.29, 0.717) is 9.54 Å². The van der Waals surface area contributed by atoms with Crippen molar-refractivity contribution in [1.29, 1.82) is 0 Å². The van der Waals surface area contributed by atoms with E-state index >= 15 is 0 Å². The van der Waals surface area contributed by atoms with Crippen molar-refractivity contribution in [3.8, 4) is 0 Å². The van der Waals surface area contributed by atoms with Gasteiger partial charge in [-0.3, -0.25) is 10.2 Å². The second-order valence-corrected chi connectivity index (χ2v) is 4.95. The molecule has 106 valence electrons. The SMILES string of the molecule is CCN(CC)c1ccc(/C=N\n2c(=S)[nH][nH]c2=S)cc1. The molecule has 2 aromatic rings. The Labute approximate surface area is 127 Å².